The summed E-state index contributed by atoms with van der Waals surface area (Å²) < 4.78 is 0. The summed E-state index contributed by atoms with van der Waals surface area (Å²) in [6.07, 6.45) is 11.1. The molecule has 0 aromatic rings. The van der Waals surface area contributed by atoms with Gasteiger partial charge in [0.25, 0.3) is 0 Å². The van der Waals surface area contributed by atoms with Gasteiger partial charge in [-0.15, -0.1) is 0 Å². The Morgan fingerprint density at radius 3 is 2.48 bits per heavy atom. The molecule has 3 aliphatic rings. The highest BCUT2D eigenvalue weighted by Gasteiger charge is 2.35. The van der Waals surface area contributed by atoms with Crippen molar-refractivity contribution in [2.75, 3.05) is 13.1 Å². The lowest BCUT2D eigenvalue weighted by Crippen LogP contribution is -2.39. The second kappa shape index (κ2) is 6.80. The fourth-order valence-corrected chi connectivity index (χ4v) is 4.02. The van der Waals surface area contributed by atoms with Crippen LogP contribution in [-0.4, -0.2) is 35.8 Å². The van der Waals surface area contributed by atoms with Crippen molar-refractivity contribution in [3.63, 3.8) is 0 Å². The van der Waals surface area contributed by atoms with E-state index in [0.29, 0.717) is 24.9 Å². The molecule has 0 spiro atoms. The van der Waals surface area contributed by atoms with Gasteiger partial charge in [-0.2, -0.15) is 0 Å². The van der Waals surface area contributed by atoms with Gasteiger partial charge in [-0.3, -0.25) is 9.59 Å². The van der Waals surface area contributed by atoms with Crippen LogP contribution in [0.1, 0.15) is 64.2 Å². The molecule has 4 nitrogen and oxygen atoms in total. The van der Waals surface area contributed by atoms with E-state index in [4.69, 9.17) is 0 Å². The first-order chi connectivity index (χ1) is 10.3. The first-order valence-electron chi connectivity index (χ1n) is 8.83. The largest absolute Gasteiger partial charge is 0.356 e. The van der Waals surface area contributed by atoms with Gasteiger partial charge in [0.1, 0.15) is 0 Å². The van der Waals surface area contributed by atoms with E-state index in [1.807, 2.05) is 0 Å². The molecular formula is C17H28N2O2. The normalized spacial score (nSPS) is 26.3. The minimum atomic E-state index is 0.187. The molecular weight excluding hydrogens is 264 g/mol. The molecule has 0 aromatic heterocycles. The lowest BCUT2D eigenvalue weighted by Gasteiger charge is -2.29. The summed E-state index contributed by atoms with van der Waals surface area (Å²) in [7, 11) is 0. The molecule has 3 rings (SSSR count). The van der Waals surface area contributed by atoms with Crippen molar-refractivity contribution in [2.24, 2.45) is 11.8 Å². The molecule has 3 fully saturated rings. The van der Waals surface area contributed by atoms with Crippen LogP contribution in [0.15, 0.2) is 0 Å². The van der Waals surface area contributed by atoms with Gasteiger partial charge >= 0.3 is 0 Å². The zero-order valence-corrected chi connectivity index (χ0v) is 13.0. The highest BCUT2D eigenvalue weighted by atomic mass is 16.2. The average molecular weight is 292 g/mol. The second-order valence-electron chi connectivity index (χ2n) is 7.01. The SMILES string of the molecule is O=C(NCCCC(=O)N1CCC[C@@H]1C1CCCC1)C1CC1. The van der Waals surface area contributed by atoms with E-state index < -0.39 is 0 Å². The monoisotopic (exact) mass is 292 g/mol. The van der Waals surface area contributed by atoms with E-state index in [9.17, 15) is 9.59 Å². The smallest absolute Gasteiger partial charge is 0.223 e. The highest BCUT2D eigenvalue weighted by molar-refractivity contribution is 5.81. The Bertz CT molecular complexity index is 386. The molecule has 118 valence electrons. The number of carbonyl (C=O) groups is 2. The molecule has 0 radical (unpaired) electrons. The number of amides is 2. The number of hydrogen-bond donors (Lipinski definition) is 1. The number of hydrogen-bond acceptors (Lipinski definition) is 2. The van der Waals surface area contributed by atoms with Crippen molar-refractivity contribution in [1.82, 2.24) is 10.2 Å². The molecule has 0 bridgehead atoms. The van der Waals surface area contributed by atoms with E-state index in [1.165, 1.54) is 38.5 Å². The van der Waals surface area contributed by atoms with Crippen LogP contribution in [0.5, 0.6) is 0 Å². The van der Waals surface area contributed by atoms with Crippen molar-refractivity contribution >= 4 is 11.8 Å². The molecule has 1 heterocycles. The molecule has 1 atom stereocenters. The maximum atomic E-state index is 12.4. The van der Waals surface area contributed by atoms with E-state index in [0.717, 1.165) is 31.7 Å². The van der Waals surface area contributed by atoms with Gasteiger partial charge in [0.15, 0.2) is 0 Å². The van der Waals surface area contributed by atoms with Crippen LogP contribution in [0.4, 0.5) is 0 Å². The number of rotatable bonds is 6. The molecule has 2 saturated carbocycles. The van der Waals surface area contributed by atoms with Crippen LogP contribution in [-0.2, 0) is 9.59 Å². The van der Waals surface area contributed by atoms with Crippen LogP contribution < -0.4 is 5.32 Å². The van der Waals surface area contributed by atoms with Gasteiger partial charge in [-0.1, -0.05) is 12.8 Å². The van der Waals surface area contributed by atoms with Crippen LogP contribution in [0, 0.1) is 11.8 Å². The van der Waals surface area contributed by atoms with E-state index in [-0.39, 0.29) is 11.8 Å². The van der Waals surface area contributed by atoms with Gasteiger partial charge in [-0.25, -0.2) is 0 Å². The van der Waals surface area contributed by atoms with Crippen molar-refractivity contribution in [1.29, 1.82) is 0 Å². The highest BCUT2D eigenvalue weighted by Crippen LogP contribution is 2.35. The first-order valence-corrected chi connectivity index (χ1v) is 8.83. The first kappa shape index (κ1) is 14.9. The second-order valence-corrected chi connectivity index (χ2v) is 7.01. The standard InChI is InChI=1S/C17H28N2O2/c20-16(8-3-11-18-17(21)14-9-10-14)19-12-4-7-15(19)13-5-1-2-6-13/h13-15H,1-12H2,(H,18,21)/t15-/m1/s1. The topological polar surface area (TPSA) is 49.4 Å². The van der Waals surface area contributed by atoms with Gasteiger partial charge in [0.2, 0.25) is 11.8 Å². The molecule has 2 aliphatic carbocycles. The van der Waals surface area contributed by atoms with Crippen LogP contribution in [0.3, 0.4) is 0 Å². The molecule has 2 amide bonds. The van der Waals surface area contributed by atoms with E-state index in [1.54, 1.807) is 0 Å². The molecule has 4 heteroatoms. The van der Waals surface area contributed by atoms with Crippen molar-refractivity contribution in [3.8, 4) is 0 Å². The lowest BCUT2D eigenvalue weighted by atomic mass is 9.96. The van der Waals surface area contributed by atoms with E-state index in [2.05, 4.69) is 10.2 Å². The fraction of sp³-hybridized carbons (Fsp3) is 0.882. The lowest BCUT2D eigenvalue weighted by molar-refractivity contribution is -0.133. The van der Waals surface area contributed by atoms with Gasteiger partial charge in [-0.05, 0) is 50.9 Å². The number of likely N-dealkylation sites (tertiary alicyclic amines) is 1. The summed E-state index contributed by atoms with van der Waals surface area (Å²) in [5.41, 5.74) is 0. The van der Waals surface area contributed by atoms with Gasteiger partial charge < -0.3 is 10.2 Å². The summed E-state index contributed by atoms with van der Waals surface area (Å²) in [6.45, 7) is 1.61. The maximum Gasteiger partial charge on any atom is 0.223 e. The molecule has 21 heavy (non-hydrogen) atoms. The van der Waals surface area contributed by atoms with Crippen molar-refractivity contribution < 1.29 is 9.59 Å². The summed E-state index contributed by atoms with van der Waals surface area (Å²) >= 11 is 0. The quantitative estimate of drug-likeness (QED) is 0.765. The Balaban J connectivity index is 1.38. The third-order valence-electron chi connectivity index (χ3n) is 5.38. The Morgan fingerprint density at radius 1 is 1.00 bits per heavy atom. The van der Waals surface area contributed by atoms with Crippen LogP contribution in [0.2, 0.25) is 0 Å². The van der Waals surface area contributed by atoms with Gasteiger partial charge in [0, 0.05) is 31.5 Å². The Kier molecular flexibility index (Phi) is 4.81. The van der Waals surface area contributed by atoms with Crippen LogP contribution in [0.25, 0.3) is 0 Å². The third-order valence-corrected chi connectivity index (χ3v) is 5.38. The molecule has 1 aliphatic heterocycles. The fourth-order valence-electron chi connectivity index (χ4n) is 4.02. The Hall–Kier alpha value is -1.06. The van der Waals surface area contributed by atoms with E-state index >= 15 is 0 Å². The number of nitrogens with zero attached hydrogens (tertiary/aromatic N) is 1. The van der Waals surface area contributed by atoms with Gasteiger partial charge in [0.05, 0.1) is 0 Å². The zero-order valence-electron chi connectivity index (χ0n) is 13.0. The number of carbonyl (C=O) groups excluding carboxylic acids is 2. The predicted octanol–water partition coefficient (Wildman–Crippen LogP) is 2.47. The summed E-state index contributed by atoms with van der Waals surface area (Å²) in [4.78, 5) is 26.1. The molecule has 0 unspecified atom stereocenters. The van der Waals surface area contributed by atoms with Crippen LogP contribution >= 0.6 is 0 Å². The summed E-state index contributed by atoms with van der Waals surface area (Å²) in [5.74, 6) is 1.52. The van der Waals surface area contributed by atoms with Crippen molar-refractivity contribution in [3.05, 3.63) is 0 Å². The van der Waals surface area contributed by atoms with Crippen molar-refractivity contribution in [2.45, 2.75) is 70.3 Å². The minimum Gasteiger partial charge on any atom is -0.356 e. The molecule has 0 aromatic carbocycles. The molecule has 1 N–H and O–H groups in total. The number of nitrogens with one attached hydrogen (secondary N) is 1. The average Bonchev–Trinajstić information content (AvgIpc) is 3.01. The summed E-state index contributed by atoms with van der Waals surface area (Å²) in [5, 5.41) is 2.95. The zero-order chi connectivity index (χ0) is 14.7. The summed E-state index contributed by atoms with van der Waals surface area (Å²) in [6, 6.07) is 0.515. The predicted molar refractivity (Wildman–Crippen MR) is 81.7 cm³/mol. The third kappa shape index (κ3) is 3.78. The maximum absolute atomic E-state index is 12.4. The molecule has 1 saturated heterocycles. The Labute approximate surface area is 127 Å². The Morgan fingerprint density at radius 2 is 1.76 bits per heavy atom. The minimum absolute atomic E-state index is 0.187.